The Kier molecular flexibility index (Phi) is 4.80. The number of benzene rings is 2. The van der Waals surface area contributed by atoms with E-state index in [0.29, 0.717) is 18.5 Å². The van der Waals surface area contributed by atoms with E-state index in [1.54, 1.807) is 6.07 Å². The van der Waals surface area contributed by atoms with Crippen molar-refractivity contribution in [1.82, 2.24) is 0 Å². The number of nitrogen functional groups attached to an aromatic ring is 1. The molecule has 1 aliphatic heterocycles. The molecule has 2 fully saturated rings. The second-order valence-corrected chi connectivity index (χ2v) is 7.49. The minimum absolute atomic E-state index is 0.0515. The van der Waals surface area contributed by atoms with Crippen LogP contribution >= 0.6 is 0 Å². The molecule has 2 N–H and O–H groups in total. The molecule has 2 aromatic carbocycles. The molecule has 1 saturated heterocycles. The number of fused-ring (bicyclic) bond motifs is 1. The van der Waals surface area contributed by atoms with Gasteiger partial charge in [0.05, 0.1) is 35.0 Å². The van der Waals surface area contributed by atoms with Gasteiger partial charge in [-0.15, -0.1) is 0 Å². The van der Waals surface area contributed by atoms with Gasteiger partial charge in [-0.25, -0.2) is 9.18 Å². The number of nitrogens with two attached hydrogens (primary N) is 1. The number of anilines is 3. The third-order valence-corrected chi connectivity index (χ3v) is 5.74. The first-order valence-electron chi connectivity index (χ1n) is 9.51. The van der Waals surface area contributed by atoms with E-state index in [2.05, 4.69) is 0 Å². The normalized spacial score (nSPS) is 21.5. The molecule has 30 heavy (non-hydrogen) atoms. The van der Waals surface area contributed by atoms with E-state index in [-0.39, 0.29) is 23.5 Å². The van der Waals surface area contributed by atoms with Crippen molar-refractivity contribution in [3.8, 4) is 6.07 Å². The minimum Gasteiger partial charge on any atom is -0.396 e. The molecule has 0 spiro atoms. The van der Waals surface area contributed by atoms with Crippen LogP contribution in [0, 0.1) is 17.1 Å². The standard InChI is InChI=1S/C21H18F4N4O/c22-16-10-14(7-8-17(16)27)29-19-4-2-1-3-18(19)28(20(29)30)13-6-5-12(11-26)15(9-13)21(23,24)25/h5-10,18-19H,1-4,27H2/t18-,19-/m1/s1. The first-order valence-corrected chi connectivity index (χ1v) is 9.51. The van der Waals surface area contributed by atoms with Crippen LogP contribution in [0.25, 0.3) is 0 Å². The SMILES string of the molecule is N#Cc1ccc(N2C(=O)N(c3ccc(N)c(F)c3)[C@@H]3CCCC[C@H]32)cc1C(F)(F)F. The third-order valence-electron chi connectivity index (χ3n) is 5.74. The fourth-order valence-corrected chi connectivity index (χ4v) is 4.38. The van der Waals surface area contributed by atoms with Crippen molar-refractivity contribution in [2.75, 3.05) is 15.5 Å². The van der Waals surface area contributed by atoms with Gasteiger partial charge in [-0.1, -0.05) is 12.8 Å². The lowest BCUT2D eigenvalue weighted by Gasteiger charge is -2.32. The van der Waals surface area contributed by atoms with Crippen LogP contribution in [0.2, 0.25) is 0 Å². The summed E-state index contributed by atoms with van der Waals surface area (Å²) >= 11 is 0. The molecule has 0 aromatic heterocycles. The highest BCUT2D eigenvalue weighted by molar-refractivity contribution is 6.07. The highest BCUT2D eigenvalue weighted by Crippen LogP contribution is 2.42. The number of carbonyl (C=O) groups excluding carboxylic acids is 1. The van der Waals surface area contributed by atoms with Crippen LogP contribution in [0.1, 0.15) is 36.8 Å². The van der Waals surface area contributed by atoms with Crippen molar-refractivity contribution in [1.29, 1.82) is 5.26 Å². The Balaban J connectivity index is 1.80. The van der Waals surface area contributed by atoms with Crippen LogP contribution in [-0.2, 0) is 6.18 Å². The average molecular weight is 418 g/mol. The molecule has 5 nitrogen and oxygen atoms in total. The number of amides is 2. The van der Waals surface area contributed by atoms with E-state index < -0.39 is 29.2 Å². The van der Waals surface area contributed by atoms with Crippen LogP contribution in [-0.4, -0.2) is 18.1 Å². The van der Waals surface area contributed by atoms with Gasteiger partial charge in [-0.2, -0.15) is 18.4 Å². The van der Waals surface area contributed by atoms with Gasteiger partial charge in [0, 0.05) is 11.4 Å². The Bertz CT molecular complexity index is 1050. The monoisotopic (exact) mass is 418 g/mol. The van der Waals surface area contributed by atoms with Gasteiger partial charge in [0.2, 0.25) is 0 Å². The van der Waals surface area contributed by atoms with Crippen molar-refractivity contribution < 1.29 is 22.4 Å². The fourth-order valence-electron chi connectivity index (χ4n) is 4.38. The zero-order valence-electron chi connectivity index (χ0n) is 15.8. The van der Waals surface area contributed by atoms with Gasteiger partial charge in [-0.3, -0.25) is 9.80 Å². The van der Waals surface area contributed by atoms with Crippen molar-refractivity contribution in [2.24, 2.45) is 0 Å². The number of carbonyl (C=O) groups is 1. The lowest BCUT2D eigenvalue weighted by molar-refractivity contribution is -0.137. The molecule has 2 atom stereocenters. The van der Waals surface area contributed by atoms with Crippen LogP contribution in [0.3, 0.4) is 0 Å². The summed E-state index contributed by atoms with van der Waals surface area (Å²) in [6, 6.07) is 7.73. The Morgan fingerprint density at radius 3 is 2.10 bits per heavy atom. The summed E-state index contributed by atoms with van der Waals surface area (Å²) in [7, 11) is 0. The van der Waals surface area contributed by atoms with Gasteiger partial charge >= 0.3 is 12.2 Å². The molecule has 2 amide bonds. The number of alkyl halides is 3. The predicted octanol–water partition coefficient (Wildman–Crippen LogP) is 5.06. The molecule has 1 saturated carbocycles. The summed E-state index contributed by atoms with van der Waals surface area (Å²) in [6.45, 7) is 0. The minimum atomic E-state index is -4.73. The summed E-state index contributed by atoms with van der Waals surface area (Å²) < 4.78 is 54.4. The maximum atomic E-state index is 14.0. The maximum Gasteiger partial charge on any atom is 0.417 e. The molecule has 0 unspecified atom stereocenters. The number of hydrogen-bond donors (Lipinski definition) is 1. The largest absolute Gasteiger partial charge is 0.417 e. The summed E-state index contributed by atoms with van der Waals surface area (Å²) in [5, 5.41) is 9.03. The number of rotatable bonds is 2. The van der Waals surface area contributed by atoms with Crippen molar-refractivity contribution >= 4 is 23.1 Å². The molecule has 4 rings (SSSR count). The van der Waals surface area contributed by atoms with Gasteiger partial charge in [0.1, 0.15) is 5.82 Å². The number of halogens is 4. The van der Waals surface area contributed by atoms with E-state index in [1.165, 1.54) is 34.1 Å². The van der Waals surface area contributed by atoms with Gasteiger partial charge in [0.15, 0.2) is 0 Å². The first-order chi connectivity index (χ1) is 14.2. The van der Waals surface area contributed by atoms with Crippen LogP contribution in [0.5, 0.6) is 0 Å². The molecule has 2 aliphatic rings. The molecular weight excluding hydrogens is 400 g/mol. The number of urea groups is 1. The Morgan fingerprint density at radius 2 is 1.57 bits per heavy atom. The Labute approximate surface area is 170 Å². The Hall–Kier alpha value is -3.28. The van der Waals surface area contributed by atoms with Crippen molar-refractivity contribution in [3.05, 3.63) is 53.3 Å². The van der Waals surface area contributed by atoms with E-state index >= 15 is 0 Å². The van der Waals surface area contributed by atoms with E-state index in [4.69, 9.17) is 11.0 Å². The third kappa shape index (κ3) is 3.22. The van der Waals surface area contributed by atoms with Gasteiger partial charge in [0.25, 0.3) is 0 Å². The number of nitriles is 1. The predicted molar refractivity (Wildman–Crippen MR) is 103 cm³/mol. The molecule has 156 valence electrons. The highest BCUT2D eigenvalue weighted by atomic mass is 19.4. The fraction of sp³-hybridized carbons (Fsp3) is 0.333. The highest BCUT2D eigenvalue weighted by Gasteiger charge is 2.48. The maximum absolute atomic E-state index is 14.0. The second-order valence-electron chi connectivity index (χ2n) is 7.49. The smallest absolute Gasteiger partial charge is 0.396 e. The van der Waals surface area contributed by atoms with Crippen molar-refractivity contribution in [3.63, 3.8) is 0 Å². The van der Waals surface area contributed by atoms with Gasteiger partial charge in [-0.05, 0) is 49.2 Å². The van der Waals surface area contributed by atoms with Crippen LogP contribution in [0.4, 0.5) is 39.4 Å². The molecule has 0 radical (unpaired) electrons. The second kappa shape index (κ2) is 7.20. The molecule has 2 aromatic rings. The molecule has 9 heteroatoms. The quantitative estimate of drug-likeness (QED) is 0.548. The molecular formula is C21H18F4N4O. The van der Waals surface area contributed by atoms with Crippen molar-refractivity contribution in [2.45, 2.75) is 43.9 Å². The first kappa shape index (κ1) is 20.0. The summed E-state index contributed by atoms with van der Waals surface area (Å²) in [5.41, 5.74) is 4.28. The summed E-state index contributed by atoms with van der Waals surface area (Å²) in [5.74, 6) is -0.663. The van der Waals surface area contributed by atoms with E-state index in [1.807, 2.05) is 0 Å². The number of hydrogen-bond acceptors (Lipinski definition) is 3. The summed E-state index contributed by atoms with van der Waals surface area (Å²) in [4.78, 5) is 16.1. The lowest BCUT2D eigenvalue weighted by Crippen LogP contribution is -2.40. The zero-order chi connectivity index (χ0) is 21.6. The molecule has 1 heterocycles. The van der Waals surface area contributed by atoms with E-state index in [0.717, 1.165) is 25.0 Å². The topological polar surface area (TPSA) is 73.4 Å². The van der Waals surface area contributed by atoms with E-state index in [9.17, 15) is 22.4 Å². The van der Waals surface area contributed by atoms with Crippen LogP contribution in [0.15, 0.2) is 36.4 Å². The average Bonchev–Trinajstić information content (AvgIpc) is 3.01. The number of nitrogens with zero attached hydrogens (tertiary/aromatic N) is 3. The lowest BCUT2D eigenvalue weighted by atomic mass is 9.89. The van der Waals surface area contributed by atoms with Gasteiger partial charge < -0.3 is 5.73 Å². The molecule has 0 bridgehead atoms. The Morgan fingerprint density at radius 1 is 1.00 bits per heavy atom. The van der Waals surface area contributed by atoms with Crippen LogP contribution < -0.4 is 15.5 Å². The zero-order valence-corrected chi connectivity index (χ0v) is 15.8. The summed E-state index contributed by atoms with van der Waals surface area (Å²) in [6.07, 6.45) is -1.77. The molecule has 1 aliphatic carbocycles.